The van der Waals surface area contributed by atoms with Gasteiger partial charge in [-0.3, -0.25) is 4.79 Å². The van der Waals surface area contributed by atoms with Crippen LogP contribution >= 0.6 is 22.9 Å². The molecule has 140 valence electrons. The van der Waals surface area contributed by atoms with E-state index in [4.69, 9.17) is 11.6 Å². The molecule has 0 aliphatic heterocycles. The van der Waals surface area contributed by atoms with Crippen molar-refractivity contribution in [2.45, 2.75) is 49.9 Å². The van der Waals surface area contributed by atoms with Crippen molar-refractivity contribution in [3.05, 3.63) is 57.2 Å². The van der Waals surface area contributed by atoms with E-state index in [-0.39, 0.29) is 12.5 Å². The van der Waals surface area contributed by atoms with Gasteiger partial charge < -0.3 is 10.4 Å². The third kappa shape index (κ3) is 4.30. The summed E-state index contributed by atoms with van der Waals surface area (Å²) in [6.45, 7) is 0.803. The smallest absolute Gasteiger partial charge is 0.230 e. The largest absolute Gasteiger partial charge is 0.396 e. The van der Waals surface area contributed by atoms with E-state index in [1.807, 2.05) is 24.3 Å². The maximum absolute atomic E-state index is 13.1. The third-order valence-electron chi connectivity index (χ3n) is 5.56. The number of nitrogens with one attached hydrogen (secondary N) is 1. The first-order valence-corrected chi connectivity index (χ1v) is 10.6. The van der Waals surface area contributed by atoms with Gasteiger partial charge in [0.1, 0.15) is 0 Å². The van der Waals surface area contributed by atoms with Gasteiger partial charge in [-0.25, -0.2) is 0 Å². The average Bonchev–Trinajstić information content (AvgIpc) is 3.34. The summed E-state index contributed by atoms with van der Waals surface area (Å²) in [7, 11) is 0. The first kappa shape index (κ1) is 19.4. The third-order valence-corrected chi connectivity index (χ3v) is 6.51. The van der Waals surface area contributed by atoms with E-state index in [0.717, 1.165) is 44.1 Å². The van der Waals surface area contributed by atoms with Gasteiger partial charge in [-0.15, -0.1) is 0 Å². The summed E-state index contributed by atoms with van der Waals surface area (Å²) in [4.78, 5) is 13.1. The second kappa shape index (κ2) is 9.03. The lowest BCUT2D eigenvalue weighted by Gasteiger charge is -2.29. The molecule has 5 heteroatoms. The topological polar surface area (TPSA) is 49.3 Å². The zero-order chi connectivity index (χ0) is 18.4. The Labute approximate surface area is 164 Å². The Morgan fingerprint density at radius 3 is 2.54 bits per heavy atom. The summed E-state index contributed by atoms with van der Waals surface area (Å²) in [5.74, 6) is 0.423. The van der Waals surface area contributed by atoms with Crippen molar-refractivity contribution in [2.24, 2.45) is 0 Å². The molecule has 1 heterocycles. The van der Waals surface area contributed by atoms with Crippen LogP contribution in [0.5, 0.6) is 0 Å². The zero-order valence-electron chi connectivity index (χ0n) is 14.9. The summed E-state index contributed by atoms with van der Waals surface area (Å²) in [6.07, 6.45) is 5.53. The van der Waals surface area contributed by atoms with E-state index >= 15 is 0 Å². The number of carbonyl (C=O) groups excluding carboxylic acids is 1. The Balaban J connectivity index is 1.64. The molecule has 1 aromatic carbocycles. The summed E-state index contributed by atoms with van der Waals surface area (Å²) >= 11 is 7.69. The lowest BCUT2D eigenvalue weighted by molar-refractivity contribution is -0.126. The van der Waals surface area contributed by atoms with Crippen molar-refractivity contribution in [3.63, 3.8) is 0 Å². The number of amides is 1. The molecule has 1 aliphatic carbocycles. The summed E-state index contributed by atoms with van der Waals surface area (Å²) in [5, 5.41) is 17.4. The Morgan fingerprint density at radius 1 is 1.19 bits per heavy atom. The molecule has 1 atom stereocenters. The highest BCUT2D eigenvalue weighted by molar-refractivity contribution is 7.07. The van der Waals surface area contributed by atoms with Gasteiger partial charge >= 0.3 is 0 Å². The molecular formula is C21H26ClNO2S. The van der Waals surface area contributed by atoms with Crippen LogP contribution in [0.4, 0.5) is 0 Å². The monoisotopic (exact) mass is 391 g/mol. The van der Waals surface area contributed by atoms with E-state index < -0.39 is 5.41 Å². The van der Waals surface area contributed by atoms with Crippen molar-refractivity contribution in [1.29, 1.82) is 0 Å². The van der Waals surface area contributed by atoms with Crippen LogP contribution in [0.1, 0.15) is 55.6 Å². The van der Waals surface area contributed by atoms with Gasteiger partial charge in [-0.05, 0) is 71.7 Å². The van der Waals surface area contributed by atoms with Crippen molar-refractivity contribution in [3.8, 4) is 0 Å². The minimum absolute atomic E-state index is 0.130. The van der Waals surface area contributed by atoms with Crippen LogP contribution in [0, 0.1) is 0 Å². The van der Waals surface area contributed by atoms with Crippen molar-refractivity contribution < 1.29 is 9.90 Å². The summed E-state index contributed by atoms with van der Waals surface area (Å²) in [5.41, 5.74) is 1.91. The van der Waals surface area contributed by atoms with Crippen molar-refractivity contribution in [2.75, 3.05) is 13.2 Å². The first-order chi connectivity index (χ1) is 12.7. The fourth-order valence-electron chi connectivity index (χ4n) is 4.06. The number of benzene rings is 1. The molecular weight excluding hydrogens is 366 g/mol. The highest BCUT2D eigenvalue weighted by atomic mass is 35.5. The van der Waals surface area contributed by atoms with Crippen LogP contribution in [0.15, 0.2) is 41.1 Å². The molecule has 0 saturated heterocycles. The number of aliphatic hydroxyl groups is 1. The Bertz CT molecular complexity index is 693. The second-order valence-corrected chi connectivity index (χ2v) is 8.32. The van der Waals surface area contributed by atoms with Gasteiger partial charge in [0.05, 0.1) is 5.41 Å². The van der Waals surface area contributed by atoms with Crippen LogP contribution in [0.3, 0.4) is 0 Å². The van der Waals surface area contributed by atoms with Gasteiger partial charge in [0.15, 0.2) is 0 Å². The maximum Gasteiger partial charge on any atom is 0.230 e. The van der Waals surface area contributed by atoms with E-state index in [1.54, 1.807) is 11.3 Å². The Kier molecular flexibility index (Phi) is 6.74. The normalized spacial score (nSPS) is 17.2. The molecule has 0 spiro atoms. The van der Waals surface area contributed by atoms with Crippen LogP contribution in [-0.2, 0) is 10.2 Å². The number of aliphatic hydroxyl groups excluding tert-OH is 1. The maximum atomic E-state index is 13.1. The standard InChI is InChI=1S/C21H26ClNO2S/c22-19-5-3-18(4-6-19)21(10-1-2-11-21)20(25)23-12-7-16(8-13-24)17-9-14-26-15-17/h3-6,9,14-16,24H,1-2,7-8,10-13H2,(H,23,25). The molecule has 1 amide bonds. The fraction of sp³-hybridized carbons (Fsp3) is 0.476. The molecule has 26 heavy (non-hydrogen) atoms. The van der Waals surface area contributed by atoms with Crippen LogP contribution in [0.25, 0.3) is 0 Å². The summed E-state index contributed by atoms with van der Waals surface area (Å²) in [6, 6.07) is 9.84. The quantitative estimate of drug-likeness (QED) is 0.673. The predicted molar refractivity (Wildman–Crippen MR) is 108 cm³/mol. The van der Waals surface area contributed by atoms with E-state index in [9.17, 15) is 9.90 Å². The minimum atomic E-state index is -0.417. The number of hydrogen-bond donors (Lipinski definition) is 2. The zero-order valence-corrected chi connectivity index (χ0v) is 16.5. The number of carbonyl (C=O) groups is 1. The number of hydrogen-bond acceptors (Lipinski definition) is 3. The highest BCUT2D eigenvalue weighted by Gasteiger charge is 2.42. The van der Waals surface area contributed by atoms with Crippen LogP contribution in [-0.4, -0.2) is 24.2 Å². The molecule has 0 radical (unpaired) electrons. The molecule has 3 rings (SSSR count). The summed E-state index contributed by atoms with van der Waals surface area (Å²) < 4.78 is 0. The van der Waals surface area contributed by atoms with E-state index in [1.165, 1.54) is 5.56 Å². The van der Waals surface area contributed by atoms with Gasteiger partial charge in [0.25, 0.3) is 0 Å². The SMILES string of the molecule is O=C(NCCC(CCO)c1ccsc1)C1(c2ccc(Cl)cc2)CCCC1. The molecule has 2 aromatic rings. The number of halogens is 1. The van der Waals surface area contributed by atoms with Crippen molar-refractivity contribution >= 4 is 28.8 Å². The van der Waals surface area contributed by atoms with Gasteiger partial charge in [0, 0.05) is 18.2 Å². The van der Waals surface area contributed by atoms with E-state index in [0.29, 0.717) is 17.5 Å². The number of rotatable bonds is 8. The van der Waals surface area contributed by atoms with Crippen molar-refractivity contribution in [1.82, 2.24) is 5.32 Å². The van der Waals surface area contributed by atoms with Crippen LogP contribution < -0.4 is 5.32 Å². The molecule has 1 saturated carbocycles. The first-order valence-electron chi connectivity index (χ1n) is 9.33. The molecule has 1 aliphatic rings. The molecule has 1 fully saturated rings. The van der Waals surface area contributed by atoms with E-state index in [2.05, 4.69) is 22.1 Å². The minimum Gasteiger partial charge on any atom is -0.396 e. The van der Waals surface area contributed by atoms with Gasteiger partial charge in [0.2, 0.25) is 5.91 Å². The molecule has 3 nitrogen and oxygen atoms in total. The van der Waals surface area contributed by atoms with Gasteiger partial charge in [-0.2, -0.15) is 11.3 Å². The average molecular weight is 392 g/mol. The molecule has 0 bridgehead atoms. The Morgan fingerprint density at radius 2 is 1.92 bits per heavy atom. The molecule has 1 aromatic heterocycles. The fourth-order valence-corrected chi connectivity index (χ4v) is 4.93. The second-order valence-electron chi connectivity index (χ2n) is 7.11. The van der Waals surface area contributed by atoms with Crippen LogP contribution in [0.2, 0.25) is 5.02 Å². The molecule has 2 N–H and O–H groups in total. The predicted octanol–water partition coefficient (Wildman–Crippen LogP) is 4.89. The lowest BCUT2D eigenvalue weighted by Crippen LogP contribution is -2.43. The molecule has 1 unspecified atom stereocenters. The van der Waals surface area contributed by atoms with Gasteiger partial charge in [-0.1, -0.05) is 36.6 Å². The number of thiophene rings is 1. The Hall–Kier alpha value is -1.36. The lowest BCUT2D eigenvalue weighted by atomic mass is 9.78. The highest BCUT2D eigenvalue weighted by Crippen LogP contribution is 2.41.